The first-order valence-electron chi connectivity index (χ1n) is 8.04. The molecule has 2 aromatic heterocycles. The number of anilines is 2. The van der Waals surface area contributed by atoms with Crippen LogP contribution >= 0.6 is 11.6 Å². The summed E-state index contributed by atoms with van der Waals surface area (Å²) < 4.78 is 27.2. The number of rotatable bonds is 5. The van der Waals surface area contributed by atoms with E-state index in [9.17, 15) is 8.42 Å². The molecule has 0 aliphatic heterocycles. The fourth-order valence-corrected chi connectivity index (χ4v) is 3.60. The van der Waals surface area contributed by atoms with Crippen LogP contribution in [0.4, 0.5) is 11.5 Å². The van der Waals surface area contributed by atoms with E-state index in [-0.39, 0.29) is 10.8 Å². The van der Waals surface area contributed by atoms with Gasteiger partial charge in [-0.25, -0.2) is 17.7 Å². The van der Waals surface area contributed by atoms with Crippen molar-refractivity contribution in [3.63, 3.8) is 0 Å². The van der Waals surface area contributed by atoms with Crippen molar-refractivity contribution < 1.29 is 8.42 Å². The summed E-state index contributed by atoms with van der Waals surface area (Å²) in [5.41, 5.74) is 2.41. The molecular weight excluding hydrogens is 374 g/mol. The lowest BCUT2D eigenvalue weighted by Crippen LogP contribution is -2.22. The molecule has 0 aliphatic carbocycles. The molecule has 0 fully saturated rings. The van der Waals surface area contributed by atoms with E-state index in [4.69, 9.17) is 11.6 Å². The molecule has 0 saturated heterocycles. The van der Waals surface area contributed by atoms with Crippen LogP contribution < -0.4 is 5.32 Å². The number of sulfonamides is 1. The van der Waals surface area contributed by atoms with E-state index in [1.54, 1.807) is 41.0 Å². The molecule has 1 aromatic carbocycles. The minimum atomic E-state index is -3.46. The Bertz CT molecular complexity index is 1040. The summed E-state index contributed by atoms with van der Waals surface area (Å²) in [7, 11) is -0.455. The third kappa shape index (κ3) is 3.40. The summed E-state index contributed by atoms with van der Waals surface area (Å²) in [5.74, 6) is 0.914. The molecule has 0 amide bonds. The van der Waals surface area contributed by atoms with Crippen molar-refractivity contribution in [1.82, 2.24) is 18.9 Å². The van der Waals surface area contributed by atoms with Crippen LogP contribution in [0, 0.1) is 0 Å². The van der Waals surface area contributed by atoms with E-state index in [0.29, 0.717) is 22.3 Å². The molecule has 3 rings (SSSR count). The third-order valence-electron chi connectivity index (χ3n) is 4.00. The molecule has 0 aliphatic rings. The SMILES string of the molecule is CC(C)c1cnn2c(Nc3ccc(S(=O)(=O)N(C)C)cc3)cc(Cl)nc12. The van der Waals surface area contributed by atoms with Crippen molar-refractivity contribution in [2.75, 3.05) is 19.4 Å². The maximum absolute atomic E-state index is 12.2. The second-order valence-corrected chi connectivity index (χ2v) is 8.93. The van der Waals surface area contributed by atoms with Crippen LogP contribution in [0.25, 0.3) is 5.65 Å². The van der Waals surface area contributed by atoms with E-state index < -0.39 is 10.0 Å². The zero-order chi connectivity index (χ0) is 19.1. The molecule has 0 radical (unpaired) electrons. The lowest BCUT2D eigenvalue weighted by Gasteiger charge is -2.13. The molecule has 138 valence electrons. The fraction of sp³-hybridized carbons (Fsp3) is 0.294. The van der Waals surface area contributed by atoms with Crippen LogP contribution in [-0.4, -0.2) is 41.4 Å². The van der Waals surface area contributed by atoms with Gasteiger partial charge in [0.25, 0.3) is 0 Å². The molecule has 26 heavy (non-hydrogen) atoms. The highest BCUT2D eigenvalue weighted by molar-refractivity contribution is 7.89. The average molecular weight is 394 g/mol. The Morgan fingerprint density at radius 1 is 1.19 bits per heavy atom. The van der Waals surface area contributed by atoms with Crippen molar-refractivity contribution >= 4 is 38.8 Å². The predicted octanol–water partition coefficient (Wildman–Crippen LogP) is 3.50. The molecular formula is C17H20ClN5O2S. The Hall–Kier alpha value is -2.16. The van der Waals surface area contributed by atoms with Gasteiger partial charge in [0.05, 0.1) is 11.1 Å². The van der Waals surface area contributed by atoms with Gasteiger partial charge in [-0.1, -0.05) is 25.4 Å². The standard InChI is InChI=1S/C17H20ClN5O2S/c1-11(2)14-10-19-23-16(9-15(18)21-17(14)23)20-12-5-7-13(8-6-12)26(24,25)22(3)4/h5-11,20H,1-4H3. The number of hydrogen-bond acceptors (Lipinski definition) is 5. The van der Waals surface area contributed by atoms with Crippen LogP contribution in [0.15, 0.2) is 41.4 Å². The summed E-state index contributed by atoms with van der Waals surface area (Å²) in [6.45, 7) is 4.13. The normalized spacial score (nSPS) is 12.3. The zero-order valence-corrected chi connectivity index (χ0v) is 16.5. The highest BCUT2D eigenvalue weighted by Gasteiger charge is 2.17. The number of hydrogen-bond donors (Lipinski definition) is 1. The molecule has 7 nitrogen and oxygen atoms in total. The van der Waals surface area contributed by atoms with Gasteiger partial charge in [-0.05, 0) is 30.2 Å². The monoisotopic (exact) mass is 393 g/mol. The van der Waals surface area contributed by atoms with Crippen LogP contribution in [0.3, 0.4) is 0 Å². The van der Waals surface area contributed by atoms with Gasteiger partial charge in [0, 0.05) is 31.4 Å². The van der Waals surface area contributed by atoms with Crippen molar-refractivity contribution in [3.8, 4) is 0 Å². The van der Waals surface area contributed by atoms with Gasteiger partial charge < -0.3 is 5.32 Å². The number of nitrogens with zero attached hydrogens (tertiary/aromatic N) is 4. The Morgan fingerprint density at radius 3 is 2.42 bits per heavy atom. The highest BCUT2D eigenvalue weighted by Crippen LogP contribution is 2.26. The molecule has 3 aromatic rings. The molecule has 0 atom stereocenters. The second kappa shape index (κ2) is 6.86. The summed E-state index contributed by atoms with van der Waals surface area (Å²) >= 11 is 6.17. The lowest BCUT2D eigenvalue weighted by atomic mass is 10.1. The van der Waals surface area contributed by atoms with Crippen LogP contribution in [-0.2, 0) is 10.0 Å². The summed E-state index contributed by atoms with van der Waals surface area (Å²) in [6, 6.07) is 8.18. The van der Waals surface area contributed by atoms with Crippen molar-refractivity contribution in [1.29, 1.82) is 0 Å². The van der Waals surface area contributed by atoms with E-state index in [1.807, 2.05) is 0 Å². The van der Waals surface area contributed by atoms with Crippen LogP contribution in [0.5, 0.6) is 0 Å². The van der Waals surface area contributed by atoms with Crippen LogP contribution in [0.2, 0.25) is 5.15 Å². The van der Waals surface area contributed by atoms with Crippen molar-refractivity contribution in [2.45, 2.75) is 24.7 Å². The second-order valence-electron chi connectivity index (χ2n) is 6.39. The van der Waals surface area contributed by atoms with E-state index in [2.05, 4.69) is 29.2 Å². The van der Waals surface area contributed by atoms with Crippen LogP contribution in [0.1, 0.15) is 25.3 Å². The van der Waals surface area contributed by atoms with Crippen molar-refractivity contribution in [3.05, 3.63) is 47.2 Å². The summed E-state index contributed by atoms with van der Waals surface area (Å²) in [4.78, 5) is 4.59. The summed E-state index contributed by atoms with van der Waals surface area (Å²) in [6.07, 6.45) is 1.78. The summed E-state index contributed by atoms with van der Waals surface area (Å²) in [5, 5.41) is 7.96. The van der Waals surface area contributed by atoms with Gasteiger partial charge in [0.2, 0.25) is 10.0 Å². The molecule has 0 spiro atoms. The van der Waals surface area contributed by atoms with Gasteiger partial charge in [-0.3, -0.25) is 0 Å². The third-order valence-corrected chi connectivity index (χ3v) is 6.02. The molecule has 0 bridgehead atoms. The van der Waals surface area contributed by atoms with E-state index in [1.165, 1.54) is 18.4 Å². The minimum absolute atomic E-state index is 0.229. The minimum Gasteiger partial charge on any atom is -0.340 e. The predicted molar refractivity (Wildman–Crippen MR) is 103 cm³/mol. The van der Waals surface area contributed by atoms with Gasteiger partial charge in [-0.2, -0.15) is 9.61 Å². The highest BCUT2D eigenvalue weighted by atomic mass is 35.5. The first-order chi connectivity index (χ1) is 12.2. The number of aromatic nitrogens is 3. The number of nitrogens with one attached hydrogen (secondary N) is 1. The van der Waals surface area contributed by atoms with Gasteiger partial charge >= 0.3 is 0 Å². The zero-order valence-electron chi connectivity index (χ0n) is 14.9. The number of halogens is 1. The first-order valence-corrected chi connectivity index (χ1v) is 9.85. The number of fused-ring (bicyclic) bond motifs is 1. The molecule has 2 heterocycles. The topological polar surface area (TPSA) is 79.6 Å². The molecule has 9 heteroatoms. The molecule has 0 saturated carbocycles. The quantitative estimate of drug-likeness (QED) is 0.671. The Balaban J connectivity index is 1.97. The first kappa shape index (κ1) is 18.6. The largest absolute Gasteiger partial charge is 0.340 e. The van der Waals surface area contributed by atoms with Gasteiger partial charge in [0.1, 0.15) is 11.0 Å². The van der Waals surface area contributed by atoms with Crippen molar-refractivity contribution in [2.24, 2.45) is 0 Å². The maximum atomic E-state index is 12.2. The van der Waals surface area contributed by atoms with Gasteiger partial charge in [0.15, 0.2) is 5.65 Å². The van der Waals surface area contributed by atoms with E-state index in [0.717, 1.165) is 5.56 Å². The maximum Gasteiger partial charge on any atom is 0.242 e. The molecule has 1 N–H and O–H groups in total. The fourth-order valence-electron chi connectivity index (χ4n) is 2.52. The average Bonchev–Trinajstić information content (AvgIpc) is 2.99. The number of benzene rings is 1. The Labute approximate surface area is 157 Å². The van der Waals surface area contributed by atoms with Gasteiger partial charge in [-0.15, -0.1) is 0 Å². The lowest BCUT2D eigenvalue weighted by molar-refractivity contribution is 0.521. The van der Waals surface area contributed by atoms with E-state index >= 15 is 0 Å². The Morgan fingerprint density at radius 2 is 1.85 bits per heavy atom. The Kier molecular flexibility index (Phi) is 4.92. The molecule has 0 unspecified atom stereocenters. The smallest absolute Gasteiger partial charge is 0.242 e.